The highest BCUT2D eigenvalue weighted by atomic mass is 16.6. The van der Waals surface area contributed by atoms with Gasteiger partial charge in [0, 0.05) is 11.1 Å². The van der Waals surface area contributed by atoms with Crippen LogP contribution < -0.4 is 24.5 Å². The Morgan fingerprint density at radius 1 is 0.977 bits per heavy atom. The van der Waals surface area contributed by atoms with Gasteiger partial charge in [-0.05, 0) is 74.2 Å². The second-order valence-corrected chi connectivity index (χ2v) is 10.1. The number of aryl methyl sites for hydroxylation is 1. The van der Waals surface area contributed by atoms with Crippen molar-refractivity contribution in [2.24, 2.45) is 5.10 Å². The maximum atomic E-state index is 13.8. The van der Waals surface area contributed by atoms with Crippen molar-refractivity contribution in [1.29, 1.82) is 0 Å². The van der Waals surface area contributed by atoms with Gasteiger partial charge in [0.1, 0.15) is 5.75 Å². The number of para-hydroxylation sites is 1. The SMILES string of the molecule is CCOC(=O)[C@H](C)Oc1c(OC)cc(C=Nn2c(-c3cc(C(C)C)c(OC)cc3C)nc3ccccc3c2=O)cc1OC. The van der Waals surface area contributed by atoms with E-state index in [0.29, 0.717) is 33.8 Å². The first-order chi connectivity index (χ1) is 20.6. The van der Waals surface area contributed by atoms with E-state index in [4.69, 9.17) is 28.7 Å². The van der Waals surface area contributed by atoms with E-state index in [1.807, 2.05) is 31.2 Å². The number of hydrogen-bond donors (Lipinski definition) is 0. The summed E-state index contributed by atoms with van der Waals surface area (Å²) in [6.45, 7) is 9.65. The van der Waals surface area contributed by atoms with Crippen LogP contribution in [-0.2, 0) is 9.53 Å². The molecule has 10 heteroatoms. The van der Waals surface area contributed by atoms with Crippen LogP contribution in [0.15, 0.2) is 58.4 Å². The minimum Gasteiger partial charge on any atom is -0.496 e. The first-order valence-electron chi connectivity index (χ1n) is 14.0. The molecule has 4 aromatic rings. The number of nitrogens with zero attached hydrogens (tertiary/aromatic N) is 3. The average molecular weight is 588 g/mol. The summed E-state index contributed by atoms with van der Waals surface area (Å²) >= 11 is 0. The van der Waals surface area contributed by atoms with E-state index in [2.05, 4.69) is 18.9 Å². The van der Waals surface area contributed by atoms with Crippen LogP contribution in [0.25, 0.3) is 22.3 Å². The van der Waals surface area contributed by atoms with Crippen LogP contribution in [0, 0.1) is 6.92 Å². The Morgan fingerprint density at radius 2 is 1.63 bits per heavy atom. The van der Waals surface area contributed by atoms with Gasteiger partial charge < -0.3 is 23.7 Å². The van der Waals surface area contributed by atoms with E-state index >= 15 is 0 Å². The Bertz CT molecular complexity index is 1700. The fraction of sp³-hybridized carbons (Fsp3) is 0.333. The molecule has 0 saturated carbocycles. The van der Waals surface area contributed by atoms with Crippen molar-refractivity contribution in [3.05, 3.63) is 75.6 Å². The van der Waals surface area contributed by atoms with E-state index in [1.165, 1.54) is 25.1 Å². The van der Waals surface area contributed by atoms with Crippen molar-refractivity contribution >= 4 is 23.1 Å². The van der Waals surface area contributed by atoms with Gasteiger partial charge in [-0.25, -0.2) is 9.78 Å². The van der Waals surface area contributed by atoms with Gasteiger partial charge in [-0.3, -0.25) is 4.79 Å². The van der Waals surface area contributed by atoms with Gasteiger partial charge in [0.2, 0.25) is 5.75 Å². The summed E-state index contributed by atoms with van der Waals surface area (Å²) in [7, 11) is 4.60. The number of fused-ring (bicyclic) bond motifs is 1. The molecular weight excluding hydrogens is 550 g/mol. The lowest BCUT2D eigenvalue weighted by molar-refractivity contribution is -0.150. The molecule has 0 aliphatic heterocycles. The lowest BCUT2D eigenvalue weighted by Crippen LogP contribution is -2.26. The van der Waals surface area contributed by atoms with E-state index in [0.717, 1.165) is 22.4 Å². The predicted octanol–water partition coefficient (Wildman–Crippen LogP) is 5.73. The van der Waals surface area contributed by atoms with Gasteiger partial charge in [0.25, 0.3) is 5.56 Å². The molecule has 0 N–H and O–H groups in total. The summed E-state index contributed by atoms with van der Waals surface area (Å²) in [6, 6.07) is 14.5. The van der Waals surface area contributed by atoms with Gasteiger partial charge in [0.05, 0.1) is 45.1 Å². The van der Waals surface area contributed by atoms with Gasteiger partial charge in [-0.1, -0.05) is 26.0 Å². The number of aromatic nitrogens is 2. The Hall–Kier alpha value is -4.86. The molecule has 0 bridgehead atoms. The molecule has 43 heavy (non-hydrogen) atoms. The molecule has 3 aromatic carbocycles. The number of carbonyl (C=O) groups excluding carboxylic acids is 1. The number of rotatable bonds is 11. The quantitative estimate of drug-likeness (QED) is 0.162. The van der Waals surface area contributed by atoms with Gasteiger partial charge >= 0.3 is 5.97 Å². The first-order valence-corrected chi connectivity index (χ1v) is 14.0. The average Bonchev–Trinajstić information content (AvgIpc) is 3.00. The smallest absolute Gasteiger partial charge is 0.347 e. The molecule has 0 aliphatic carbocycles. The van der Waals surface area contributed by atoms with Crippen LogP contribution in [0.1, 0.15) is 50.3 Å². The predicted molar refractivity (Wildman–Crippen MR) is 166 cm³/mol. The third kappa shape index (κ3) is 6.48. The highest BCUT2D eigenvalue weighted by Crippen LogP contribution is 2.39. The molecule has 0 fully saturated rings. The summed E-state index contributed by atoms with van der Waals surface area (Å²) < 4.78 is 29.0. The Morgan fingerprint density at radius 3 is 2.23 bits per heavy atom. The minimum atomic E-state index is -0.893. The summed E-state index contributed by atoms with van der Waals surface area (Å²) in [5, 5.41) is 5.05. The number of esters is 1. The van der Waals surface area contributed by atoms with Gasteiger partial charge in [0.15, 0.2) is 23.4 Å². The minimum absolute atomic E-state index is 0.172. The summed E-state index contributed by atoms with van der Waals surface area (Å²) in [4.78, 5) is 30.9. The normalized spacial score (nSPS) is 12.0. The Kier molecular flexibility index (Phi) is 9.70. The van der Waals surface area contributed by atoms with E-state index in [1.54, 1.807) is 45.2 Å². The zero-order chi connectivity index (χ0) is 31.3. The zero-order valence-corrected chi connectivity index (χ0v) is 25.8. The Labute approximate surface area is 250 Å². The first kappa shape index (κ1) is 31.1. The molecule has 226 valence electrons. The second-order valence-electron chi connectivity index (χ2n) is 10.1. The van der Waals surface area contributed by atoms with Gasteiger partial charge in [-0.15, -0.1) is 0 Å². The molecule has 0 saturated heterocycles. The van der Waals surface area contributed by atoms with Crippen molar-refractivity contribution < 1.29 is 28.5 Å². The summed E-state index contributed by atoms with van der Waals surface area (Å²) in [5.74, 6) is 1.69. The fourth-order valence-electron chi connectivity index (χ4n) is 4.67. The second kappa shape index (κ2) is 13.4. The fourth-order valence-corrected chi connectivity index (χ4v) is 4.67. The highest BCUT2D eigenvalue weighted by Gasteiger charge is 2.22. The number of benzene rings is 3. The van der Waals surface area contributed by atoms with Crippen molar-refractivity contribution in [3.8, 4) is 34.4 Å². The van der Waals surface area contributed by atoms with Crippen LogP contribution >= 0.6 is 0 Å². The largest absolute Gasteiger partial charge is 0.496 e. The number of hydrogen-bond acceptors (Lipinski definition) is 9. The van der Waals surface area contributed by atoms with Crippen LogP contribution in [-0.4, -0.2) is 55.9 Å². The molecule has 10 nitrogen and oxygen atoms in total. The maximum absolute atomic E-state index is 13.8. The molecule has 0 spiro atoms. The summed E-state index contributed by atoms with van der Waals surface area (Å²) in [5.41, 5.74) is 3.44. The number of methoxy groups -OCH3 is 3. The highest BCUT2D eigenvalue weighted by molar-refractivity contribution is 5.84. The lowest BCUT2D eigenvalue weighted by Gasteiger charge is -2.19. The van der Waals surface area contributed by atoms with Crippen molar-refractivity contribution in [3.63, 3.8) is 0 Å². The molecule has 0 amide bonds. The zero-order valence-electron chi connectivity index (χ0n) is 25.8. The van der Waals surface area contributed by atoms with Crippen molar-refractivity contribution in [2.45, 2.75) is 46.6 Å². The van der Waals surface area contributed by atoms with Crippen LogP contribution in [0.2, 0.25) is 0 Å². The third-order valence-corrected chi connectivity index (χ3v) is 6.91. The molecule has 0 unspecified atom stereocenters. The van der Waals surface area contributed by atoms with E-state index < -0.39 is 12.1 Å². The Balaban J connectivity index is 1.87. The molecule has 0 aliphatic rings. The lowest BCUT2D eigenvalue weighted by atomic mass is 9.96. The van der Waals surface area contributed by atoms with Crippen molar-refractivity contribution in [2.75, 3.05) is 27.9 Å². The number of carbonyl (C=O) groups is 1. The van der Waals surface area contributed by atoms with Crippen LogP contribution in [0.4, 0.5) is 0 Å². The van der Waals surface area contributed by atoms with Crippen LogP contribution in [0.5, 0.6) is 23.0 Å². The molecule has 1 heterocycles. The molecule has 4 rings (SSSR count). The third-order valence-electron chi connectivity index (χ3n) is 6.91. The number of ether oxygens (including phenoxy) is 5. The molecule has 1 atom stereocenters. The summed E-state index contributed by atoms with van der Waals surface area (Å²) in [6.07, 6.45) is 0.628. The molecule has 1 aromatic heterocycles. The molecular formula is C33H37N3O7. The topological polar surface area (TPSA) is 110 Å². The monoisotopic (exact) mass is 587 g/mol. The van der Waals surface area contributed by atoms with Gasteiger partial charge in [-0.2, -0.15) is 9.78 Å². The van der Waals surface area contributed by atoms with E-state index in [-0.39, 0.29) is 23.8 Å². The van der Waals surface area contributed by atoms with Crippen LogP contribution in [0.3, 0.4) is 0 Å². The molecule has 0 radical (unpaired) electrons. The standard InChI is InChI=1S/C33H37N3O7/c1-9-42-33(38)21(5)43-30-28(40-7)15-22(16-29(30)41-8)18-34-36-31(35-26-13-11-10-12-23(26)32(36)37)25-17-24(19(2)3)27(39-6)14-20(25)4/h10-19,21H,9H2,1-8H3/t21-/m0/s1. The van der Waals surface area contributed by atoms with E-state index in [9.17, 15) is 9.59 Å². The maximum Gasteiger partial charge on any atom is 0.347 e. The van der Waals surface area contributed by atoms with Crippen molar-refractivity contribution in [1.82, 2.24) is 9.66 Å².